The van der Waals surface area contributed by atoms with E-state index in [2.05, 4.69) is 21.4 Å². The van der Waals surface area contributed by atoms with Crippen molar-refractivity contribution in [3.63, 3.8) is 0 Å². The largest absolute Gasteiger partial charge is 0.237 e. The molecule has 0 unspecified atom stereocenters. The Hall–Kier alpha value is -0.990. The maximum absolute atomic E-state index is 3.87. The summed E-state index contributed by atoms with van der Waals surface area (Å²) in [6.07, 6.45) is 4.85. The quantitative estimate of drug-likeness (QED) is 0.517. The van der Waals surface area contributed by atoms with Gasteiger partial charge in [0.1, 0.15) is 6.20 Å². The van der Waals surface area contributed by atoms with Crippen molar-refractivity contribution in [1.82, 2.24) is 15.2 Å². The predicted octanol–water partition coefficient (Wildman–Crippen LogP) is 0.234. The number of nitrogens with zero attached hydrogens (tertiary/aromatic N) is 3. The summed E-state index contributed by atoms with van der Waals surface area (Å²) in [5.41, 5.74) is 0. The van der Waals surface area contributed by atoms with E-state index in [9.17, 15) is 0 Å². The molecule has 1 rings (SSSR count). The van der Waals surface area contributed by atoms with Crippen LogP contribution in [0.2, 0.25) is 0 Å². The molecule has 0 bridgehead atoms. The van der Waals surface area contributed by atoms with E-state index in [1.54, 1.807) is 0 Å². The molecule has 0 aliphatic rings. The van der Waals surface area contributed by atoms with Crippen molar-refractivity contribution in [3.8, 4) is 0 Å². The smallest absolute Gasteiger partial charge is 0.150 e. The van der Waals surface area contributed by atoms with Crippen LogP contribution in [0.15, 0.2) is 6.20 Å². The third kappa shape index (κ3) is 0.992. The molecule has 8 heavy (non-hydrogen) atoms. The molecule has 1 heterocycles. The summed E-state index contributed by atoms with van der Waals surface area (Å²) in [6.45, 7) is 1.98. The Balaban J connectivity index is 2.83. The summed E-state index contributed by atoms with van der Waals surface area (Å²) in [6, 6.07) is 0. The van der Waals surface area contributed by atoms with Gasteiger partial charge >= 0.3 is 0 Å². The van der Waals surface area contributed by atoms with Crippen molar-refractivity contribution >= 4 is 0 Å². The highest BCUT2D eigenvalue weighted by Crippen LogP contribution is 1.81. The lowest BCUT2D eigenvalue weighted by Gasteiger charge is -1.85. The molecule has 0 aliphatic heterocycles. The van der Waals surface area contributed by atoms with Crippen LogP contribution in [0.1, 0.15) is 12.7 Å². The first kappa shape index (κ1) is 5.15. The van der Waals surface area contributed by atoms with Gasteiger partial charge in [0.05, 0.1) is 6.20 Å². The number of aromatic nitrogens is 3. The fourth-order valence-electron chi connectivity index (χ4n) is 0.404. The zero-order chi connectivity index (χ0) is 5.82. The molecule has 3 heteroatoms. The fraction of sp³-hybridized carbons (Fsp3) is 0.400. The van der Waals surface area contributed by atoms with Crippen LogP contribution in [-0.2, 0) is 6.42 Å². The monoisotopic (exact) mass is 108 g/mol. The molecule has 0 aliphatic carbocycles. The second-order valence-electron chi connectivity index (χ2n) is 1.36. The topological polar surface area (TPSA) is 38.7 Å². The minimum absolute atomic E-state index is 0.767. The van der Waals surface area contributed by atoms with Crippen LogP contribution in [0.4, 0.5) is 0 Å². The predicted molar refractivity (Wildman–Crippen MR) is 28.0 cm³/mol. The van der Waals surface area contributed by atoms with Gasteiger partial charge in [0, 0.05) is 6.42 Å². The van der Waals surface area contributed by atoms with Crippen molar-refractivity contribution in [2.75, 3.05) is 0 Å². The zero-order valence-electron chi connectivity index (χ0n) is 4.63. The molecule has 0 saturated carbocycles. The van der Waals surface area contributed by atoms with E-state index >= 15 is 0 Å². The molecule has 0 amide bonds. The summed E-state index contributed by atoms with van der Waals surface area (Å²) < 4.78 is 0. The molecule has 3 nitrogen and oxygen atoms in total. The van der Waals surface area contributed by atoms with Crippen molar-refractivity contribution < 1.29 is 0 Å². The second-order valence-corrected chi connectivity index (χ2v) is 1.36. The lowest BCUT2D eigenvalue weighted by Crippen LogP contribution is -1.92. The summed E-state index contributed by atoms with van der Waals surface area (Å²) in [5, 5.41) is 7.20. The summed E-state index contributed by atoms with van der Waals surface area (Å²) in [7, 11) is 0. The van der Waals surface area contributed by atoms with Crippen LogP contribution in [0.25, 0.3) is 0 Å². The molecule has 1 radical (unpaired) electrons. The van der Waals surface area contributed by atoms with Gasteiger partial charge in [-0.05, 0) is 0 Å². The van der Waals surface area contributed by atoms with E-state index in [4.69, 9.17) is 0 Å². The Kier molecular flexibility index (Phi) is 1.51. The minimum atomic E-state index is 0.767. The van der Waals surface area contributed by atoms with Gasteiger partial charge in [-0.3, -0.25) is 0 Å². The van der Waals surface area contributed by atoms with Crippen LogP contribution in [-0.4, -0.2) is 15.2 Å². The first-order chi connectivity index (χ1) is 3.93. The van der Waals surface area contributed by atoms with Gasteiger partial charge < -0.3 is 0 Å². The van der Waals surface area contributed by atoms with Crippen LogP contribution < -0.4 is 0 Å². The first-order valence-corrected chi connectivity index (χ1v) is 2.48. The van der Waals surface area contributed by atoms with Gasteiger partial charge in [-0.25, -0.2) is 4.98 Å². The van der Waals surface area contributed by atoms with Crippen molar-refractivity contribution in [2.45, 2.75) is 13.3 Å². The number of aryl methyl sites for hydroxylation is 1. The van der Waals surface area contributed by atoms with Crippen molar-refractivity contribution in [3.05, 3.63) is 18.2 Å². The SMILES string of the molecule is CCc1nc[c]nn1. The Labute approximate surface area is 47.8 Å². The maximum Gasteiger partial charge on any atom is 0.150 e. The van der Waals surface area contributed by atoms with E-state index in [1.165, 1.54) is 6.20 Å². The van der Waals surface area contributed by atoms with E-state index in [-0.39, 0.29) is 0 Å². The first-order valence-electron chi connectivity index (χ1n) is 2.48. The van der Waals surface area contributed by atoms with Crippen molar-refractivity contribution in [2.24, 2.45) is 0 Å². The van der Waals surface area contributed by atoms with Crippen LogP contribution in [0, 0.1) is 6.20 Å². The van der Waals surface area contributed by atoms with E-state index in [1.807, 2.05) is 6.92 Å². The average molecular weight is 108 g/mol. The number of hydrogen-bond donors (Lipinski definition) is 0. The second kappa shape index (κ2) is 2.35. The van der Waals surface area contributed by atoms with Gasteiger partial charge in [0.2, 0.25) is 0 Å². The molecule has 1 aromatic rings. The summed E-state index contributed by atoms with van der Waals surface area (Å²) >= 11 is 0. The Morgan fingerprint density at radius 3 is 3.00 bits per heavy atom. The summed E-state index contributed by atoms with van der Waals surface area (Å²) in [4.78, 5) is 3.87. The van der Waals surface area contributed by atoms with E-state index in [0.29, 0.717) is 0 Å². The lowest BCUT2D eigenvalue weighted by atomic mass is 10.5. The normalized spacial score (nSPS) is 9.12. The molecule has 1 aromatic heterocycles. The third-order valence-corrected chi connectivity index (χ3v) is 0.811. The Bertz CT molecular complexity index is 149. The van der Waals surface area contributed by atoms with Crippen LogP contribution >= 0.6 is 0 Å². The van der Waals surface area contributed by atoms with Gasteiger partial charge in [-0.1, -0.05) is 6.92 Å². The molecular formula is C5H6N3. The zero-order valence-corrected chi connectivity index (χ0v) is 4.63. The number of hydrogen-bond acceptors (Lipinski definition) is 3. The standard InChI is InChI=1S/C5H6N3/c1-2-5-6-3-4-7-8-5/h3H,2H2,1H3. The molecular weight excluding hydrogens is 102 g/mol. The van der Waals surface area contributed by atoms with Crippen molar-refractivity contribution in [1.29, 1.82) is 0 Å². The fourth-order valence-corrected chi connectivity index (χ4v) is 0.404. The van der Waals surface area contributed by atoms with Crippen LogP contribution in [0.5, 0.6) is 0 Å². The van der Waals surface area contributed by atoms with Gasteiger partial charge in [0.25, 0.3) is 0 Å². The lowest BCUT2D eigenvalue weighted by molar-refractivity contribution is 0.843. The van der Waals surface area contributed by atoms with E-state index < -0.39 is 0 Å². The van der Waals surface area contributed by atoms with Crippen LogP contribution in [0.3, 0.4) is 0 Å². The highest BCUT2D eigenvalue weighted by Gasteiger charge is 1.85. The molecule has 0 aromatic carbocycles. The molecule has 0 fully saturated rings. The summed E-state index contributed by atoms with van der Waals surface area (Å²) in [5.74, 6) is 0.767. The molecule has 0 N–H and O–H groups in total. The molecule has 0 spiro atoms. The van der Waals surface area contributed by atoms with E-state index in [0.717, 1.165) is 12.2 Å². The molecule has 0 atom stereocenters. The van der Waals surface area contributed by atoms with Gasteiger partial charge in [-0.15, -0.1) is 10.2 Å². The third-order valence-electron chi connectivity index (χ3n) is 0.811. The average Bonchev–Trinajstić information content (AvgIpc) is 1.90. The van der Waals surface area contributed by atoms with Gasteiger partial charge in [0.15, 0.2) is 5.82 Å². The maximum atomic E-state index is 3.87. The van der Waals surface area contributed by atoms with Gasteiger partial charge in [-0.2, -0.15) is 0 Å². The molecule has 41 valence electrons. The Morgan fingerprint density at radius 2 is 2.62 bits per heavy atom. The number of rotatable bonds is 1. The highest BCUT2D eigenvalue weighted by atomic mass is 15.1. The molecule has 0 saturated heterocycles. The highest BCUT2D eigenvalue weighted by molar-refractivity contribution is 4.77. The minimum Gasteiger partial charge on any atom is -0.237 e. The Morgan fingerprint density at radius 1 is 1.75 bits per heavy atom.